The zero-order chi connectivity index (χ0) is 15.4. The second kappa shape index (κ2) is 6.95. The van der Waals surface area contributed by atoms with E-state index in [0.717, 1.165) is 28.4 Å². The van der Waals surface area contributed by atoms with Gasteiger partial charge in [0.2, 0.25) is 0 Å². The summed E-state index contributed by atoms with van der Waals surface area (Å²) in [7, 11) is 0. The van der Waals surface area contributed by atoms with E-state index in [1.807, 2.05) is 0 Å². The SMILES string of the molecule is CCN(CC)C(=S)SCc1cc(=O)oc2cc(O)ccc12. The Morgan fingerprint density at radius 1 is 1.33 bits per heavy atom. The molecule has 0 unspecified atom stereocenters. The molecule has 0 spiro atoms. The summed E-state index contributed by atoms with van der Waals surface area (Å²) in [6.45, 7) is 5.86. The first-order valence-electron chi connectivity index (χ1n) is 6.72. The summed E-state index contributed by atoms with van der Waals surface area (Å²) >= 11 is 6.93. The lowest BCUT2D eigenvalue weighted by atomic mass is 10.1. The van der Waals surface area contributed by atoms with Gasteiger partial charge in [-0.1, -0.05) is 24.0 Å². The van der Waals surface area contributed by atoms with Gasteiger partial charge in [-0.2, -0.15) is 0 Å². The van der Waals surface area contributed by atoms with E-state index in [1.54, 1.807) is 12.1 Å². The molecule has 0 bridgehead atoms. The highest BCUT2D eigenvalue weighted by Crippen LogP contribution is 2.25. The Balaban J connectivity index is 2.26. The van der Waals surface area contributed by atoms with E-state index in [4.69, 9.17) is 16.6 Å². The first-order chi connectivity index (χ1) is 10.0. The monoisotopic (exact) mass is 323 g/mol. The van der Waals surface area contributed by atoms with E-state index in [1.165, 1.54) is 23.9 Å². The molecular formula is C15H17NO3S2. The Labute approximate surface area is 132 Å². The molecule has 0 saturated carbocycles. The van der Waals surface area contributed by atoms with Gasteiger partial charge in [0.05, 0.1) is 0 Å². The zero-order valence-electron chi connectivity index (χ0n) is 12.0. The zero-order valence-corrected chi connectivity index (χ0v) is 13.6. The molecule has 21 heavy (non-hydrogen) atoms. The Kier molecular flexibility index (Phi) is 5.25. The maximum absolute atomic E-state index is 11.6. The van der Waals surface area contributed by atoms with Crippen molar-refractivity contribution < 1.29 is 9.52 Å². The molecule has 0 fully saturated rings. The number of nitrogens with zero attached hydrogens (tertiary/aromatic N) is 1. The fraction of sp³-hybridized carbons (Fsp3) is 0.333. The molecule has 0 atom stereocenters. The van der Waals surface area contributed by atoms with Crippen LogP contribution < -0.4 is 5.63 Å². The third-order valence-electron chi connectivity index (χ3n) is 3.19. The minimum atomic E-state index is -0.419. The van der Waals surface area contributed by atoms with E-state index < -0.39 is 5.63 Å². The number of benzene rings is 1. The van der Waals surface area contributed by atoms with Crippen LogP contribution in [0.1, 0.15) is 19.4 Å². The Hall–Kier alpha value is -1.53. The molecule has 0 aliphatic heterocycles. The molecular weight excluding hydrogens is 306 g/mol. The number of rotatable bonds is 4. The Morgan fingerprint density at radius 3 is 2.71 bits per heavy atom. The van der Waals surface area contributed by atoms with Crippen molar-refractivity contribution in [3.05, 3.63) is 40.2 Å². The summed E-state index contributed by atoms with van der Waals surface area (Å²) < 4.78 is 5.93. The number of thioether (sulfide) groups is 1. The molecule has 2 aromatic rings. The number of fused-ring (bicyclic) bond motifs is 1. The van der Waals surface area contributed by atoms with Crippen LogP contribution in [-0.4, -0.2) is 27.4 Å². The van der Waals surface area contributed by atoms with Gasteiger partial charge in [0.1, 0.15) is 15.7 Å². The molecule has 0 aliphatic rings. The van der Waals surface area contributed by atoms with Crippen molar-refractivity contribution in [2.45, 2.75) is 19.6 Å². The van der Waals surface area contributed by atoms with E-state index in [9.17, 15) is 9.90 Å². The van der Waals surface area contributed by atoms with Crippen molar-refractivity contribution >= 4 is 39.3 Å². The van der Waals surface area contributed by atoms with Crippen LogP contribution in [0.2, 0.25) is 0 Å². The number of hydrogen-bond acceptors (Lipinski definition) is 5. The van der Waals surface area contributed by atoms with Crippen molar-refractivity contribution in [3.63, 3.8) is 0 Å². The molecule has 1 aromatic carbocycles. The van der Waals surface area contributed by atoms with Crippen LogP contribution in [-0.2, 0) is 5.75 Å². The lowest BCUT2D eigenvalue weighted by Crippen LogP contribution is -2.26. The Bertz CT molecular complexity index is 708. The predicted molar refractivity (Wildman–Crippen MR) is 91.0 cm³/mol. The molecule has 1 N–H and O–H groups in total. The predicted octanol–water partition coefficient (Wildman–Crippen LogP) is 3.36. The van der Waals surface area contributed by atoms with Gasteiger partial charge in [-0.05, 0) is 31.5 Å². The summed E-state index contributed by atoms with van der Waals surface area (Å²) in [4.78, 5) is 13.7. The molecule has 4 nitrogen and oxygen atoms in total. The second-order valence-electron chi connectivity index (χ2n) is 4.50. The third-order valence-corrected chi connectivity index (χ3v) is 4.76. The number of phenolic OH excluding ortho intramolecular Hbond substituents is 1. The van der Waals surface area contributed by atoms with Gasteiger partial charge in [-0.3, -0.25) is 0 Å². The standard InChI is InChI=1S/C15H17NO3S2/c1-3-16(4-2)15(20)21-9-10-7-14(18)19-13-8-11(17)5-6-12(10)13/h5-8,17H,3-4,9H2,1-2H3. The highest BCUT2D eigenvalue weighted by molar-refractivity contribution is 8.22. The van der Waals surface area contributed by atoms with E-state index in [-0.39, 0.29) is 5.75 Å². The minimum Gasteiger partial charge on any atom is -0.508 e. The van der Waals surface area contributed by atoms with Crippen molar-refractivity contribution in [1.29, 1.82) is 0 Å². The van der Waals surface area contributed by atoms with Crippen LogP contribution in [0.15, 0.2) is 33.5 Å². The average molecular weight is 323 g/mol. The molecule has 6 heteroatoms. The maximum Gasteiger partial charge on any atom is 0.336 e. The lowest BCUT2D eigenvalue weighted by molar-refractivity contribution is 0.473. The van der Waals surface area contributed by atoms with Crippen LogP contribution in [0, 0.1) is 0 Å². The third kappa shape index (κ3) is 3.77. The largest absolute Gasteiger partial charge is 0.508 e. The van der Waals surface area contributed by atoms with Crippen LogP contribution in [0.5, 0.6) is 5.75 Å². The normalized spacial score (nSPS) is 10.8. The molecule has 0 saturated heterocycles. The van der Waals surface area contributed by atoms with Crippen molar-refractivity contribution in [2.75, 3.05) is 13.1 Å². The van der Waals surface area contributed by atoms with Crippen molar-refractivity contribution in [1.82, 2.24) is 4.90 Å². The first-order valence-corrected chi connectivity index (χ1v) is 8.12. The van der Waals surface area contributed by atoms with Gasteiger partial charge >= 0.3 is 5.63 Å². The van der Waals surface area contributed by atoms with E-state index in [0.29, 0.717) is 11.3 Å². The minimum absolute atomic E-state index is 0.0779. The van der Waals surface area contributed by atoms with Gasteiger partial charge < -0.3 is 14.4 Å². The highest BCUT2D eigenvalue weighted by Gasteiger charge is 2.10. The summed E-state index contributed by atoms with van der Waals surface area (Å²) in [6, 6.07) is 6.27. The van der Waals surface area contributed by atoms with Crippen LogP contribution in [0.25, 0.3) is 11.0 Å². The fourth-order valence-electron chi connectivity index (χ4n) is 2.05. The summed E-state index contributed by atoms with van der Waals surface area (Å²) in [6.07, 6.45) is 0. The van der Waals surface area contributed by atoms with Gasteiger partial charge in [-0.25, -0.2) is 4.79 Å². The molecule has 1 aromatic heterocycles. The smallest absolute Gasteiger partial charge is 0.336 e. The van der Waals surface area contributed by atoms with Gasteiger partial charge in [0, 0.05) is 36.4 Å². The number of aromatic hydroxyl groups is 1. The fourth-order valence-corrected chi connectivity index (χ4v) is 3.44. The van der Waals surface area contributed by atoms with Crippen LogP contribution in [0.3, 0.4) is 0 Å². The highest BCUT2D eigenvalue weighted by atomic mass is 32.2. The van der Waals surface area contributed by atoms with Gasteiger partial charge in [0.15, 0.2) is 0 Å². The van der Waals surface area contributed by atoms with Crippen molar-refractivity contribution in [3.8, 4) is 5.75 Å². The number of phenols is 1. The van der Waals surface area contributed by atoms with Gasteiger partial charge in [0.25, 0.3) is 0 Å². The molecule has 2 rings (SSSR count). The molecule has 112 valence electrons. The first kappa shape index (κ1) is 15.9. The van der Waals surface area contributed by atoms with Crippen molar-refractivity contribution in [2.24, 2.45) is 0 Å². The maximum atomic E-state index is 11.6. The topological polar surface area (TPSA) is 53.7 Å². The Morgan fingerprint density at radius 2 is 2.05 bits per heavy atom. The van der Waals surface area contributed by atoms with Crippen LogP contribution in [0.4, 0.5) is 0 Å². The summed E-state index contributed by atoms with van der Waals surface area (Å²) in [5.74, 6) is 0.677. The lowest BCUT2D eigenvalue weighted by Gasteiger charge is -2.20. The molecule has 1 heterocycles. The molecule has 0 amide bonds. The number of thiocarbonyl (C=S) groups is 1. The van der Waals surface area contributed by atoms with E-state index in [2.05, 4.69) is 18.7 Å². The summed E-state index contributed by atoms with van der Waals surface area (Å²) in [5.41, 5.74) is 0.838. The van der Waals surface area contributed by atoms with Crippen LogP contribution >= 0.6 is 24.0 Å². The molecule has 0 aliphatic carbocycles. The molecule has 0 radical (unpaired) electrons. The second-order valence-corrected chi connectivity index (χ2v) is 6.11. The quantitative estimate of drug-likeness (QED) is 0.688. The number of hydrogen-bond donors (Lipinski definition) is 1. The summed E-state index contributed by atoms with van der Waals surface area (Å²) in [5, 5.41) is 10.3. The van der Waals surface area contributed by atoms with Gasteiger partial charge in [-0.15, -0.1) is 0 Å². The average Bonchev–Trinajstić information content (AvgIpc) is 2.45. The van der Waals surface area contributed by atoms with E-state index >= 15 is 0 Å².